The monoisotopic (exact) mass is 284 g/mol. The topological polar surface area (TPSA) is 89.9 Å². The van der Waals surface area contributed by atoms with Gasteiger partial charge in [-0.2, -0.15) is 0 Å². The largest absolute Gasteiger partial charge is 0.480 e. The van der Waals surface area contributed by atoms with Crippen LogP contribution in [0.3, 0.4) is 0 Å². The third kappa shape index (κ3) is 3.42. The van der Waals surface area contributed by atoms with Crippen LogP contribution in [-0.4, -0.2) is 51.8 Å². The van der Waals surface area contributed by atoms with Crippen LogP contribution in [0.15, 0.2) is 0 Å². The summed E-state index contributed by atoms with van der Waals surface area (Å²) >= 11 is 0. The Morgan fingerprint density at radius 1 is 1.25 bits per heavy atom. The number of urea groups is 1. The standard InChI is InChI=1S/C14H24N2O4/c1-2-9-3-5-10(6-4-9)15-14(20)16-8-11(17)7-12(16)13(18)19/h9-12,17H,2-8H2,1H3,(H,15,20)(H,18,19)/t9?,10?,11-,12+/m1/s1. The minimum atomic E-state index is -1.05. The molecule has 1 saturated carbocycles. The number of aliphatic hydroxyl groups excluding tert-OH is 1. The molecule has 0 aromatic carbocycles. The van der Waals surface area contributed by atoms with Gasteiger partial charge in [0.15, 0.2) is 0 Å². The van der Waals surface area contributed by atoms with E-state index >= 15 is 0 Å². The molecule has 2 fully saturated rings. The van der Waals surface area contributed by atoms with Gasteiger partial charge in [-0.05, 0) is 31.6 Å². The van der Waals surface area contributed by atoms with Crippen molar-refractivity contribution >= 4 is 12.0 Å². The van der Waals surface area contributed by atoms with Gasteiger partial charge in [0.1, 0.15) is 6.04 Å². The first-order chi connectivity index (χ1) is 9.51. The summed E-state index contributed by atoms with van der Waals surface area (Å²) in [6.45, 7) is 2.29. The fourth-order valence-corrected chi connectivity index (χ4v) is 3.24. The molecule has 1 saturated heterocycles. The zero-order valence-electron chi connectivity index (χ0n) is 11.9. The van der Waals surface area contributed by atoms with E-state index in [1.807, 2.05) is 0 Å². The molecule has 20 heavy (non-hydrogen) atoms. The van der Waals surface area contributed by atoms with E-state index in [2.05, 4.69) is 12.2 Å². The Balaban J connectivity index is 1.87. The number of amides is 2. The fourth-order valence-electron chi connectivity index (χ4n) is 3.24. The molecule has 3 N–H and O–H groups in total. The van der Waals surface area contributed by atoms with Gasteiger partial charge in [-0.1, -0.05) is 13.3 Å². The smallest absolute Gasteiger partial charge is 0.326 e. The van der Waals surface area contributed by atoms with Crippen molar-refractivity contribution in [1.82, 2.24) is 10.2 Å². The molecule has 6 heteroatoms. The molecule has 1 aliphatic carbocycles. The Kier molecular flexibility index (Phi) is 4.86. The number of carbonyl (C=O) groups excluding carboxylic acids is 1. The Labute approximate surface area is 119 Å². The molecule has 0 spiro atoms. The first kappa shape index (κ1) is 15.1. The van der Waals surface area contributed by atoms with Crippen LogP contribution in [-0.2, 0) is 4.79 Å². The zero-order valence-corrected chi connectivity index (χ0v) is 11.9. The molecule has 2 aliphatic rings. The number of aliphatic carboxylic acids is 1. The number of hydrogen-bond acceptors (Lipinski definition) is 3. The van der Waals surface area contributed by atoms with Crippen LogP contribution in [0.5, 0.6) is 0 Å². The number of rotatable bonds is 3. The second kappa shape index (κ2) is 6.43. The van der Waals surface area contributed by atoms with Crippen molar-refractivity contribution in [3.63, 3.8) is 0 Å². The van der Waals surface area contributed by atoms with Crippen molar-refractivity contribution < 1.29 is 19.8 Å². The Morgan fingerprint density at radius 2 is 1.90 bits per heavy atom. The molecule has 2 amide bonds. The van der Waals surface area contributed by atoms with Gasteiger partial charge in [-0.3, -0.25) is 0 Å². The lowest BCUT2D eigenvalue weighted by molar-refractivity contribution is -0.141. The predicted molar refractivity (Wildman–Crippen MR) is 73.3 cm³/mol. The maximum absolute atomic E-state index is 12.2. The number of hydrogen-bond donors (Lipinski definition) is 3. The van der Waals surface area contributed by atoms with E-state index in [1.54, 1.807) is 0 Å². The molecule has 2 atom stereocenters. The van der Waals surface area contributed by atoms with E-state index in [9.17, 15) is 14.7 Å². The summed E-state index contributed by atoms with van der Waals surface area (Å²) in [6, 6.07) is -1.12. The Bertz CT molecular complexity index is 366. The summed E-state index contributed by atoms with van der Waals surface area (Å²) in [5, 5.41) is 21.6. The van der Waals surface area contributed by atoms with Crippen molar-refractivity contribution in [1.29, 1.82) is 0 Å². The third-order valence-corrected chi connectivity index (χ3v) is 4.58. The lowest BCUT2D eigenvalue weighted by Crippen LogP contribution is -2.49. The number of carbonyl (C=O) groups is 2. The van der Waals surface area contributed by atoms with Crippen LogP contribution in [0.4, 0.5) is 4.79 Å². The minimum absolute atomic E-state index is 0.104. The van der Waals surface area contributed by atoms with Gasteiger partial charge in [0, 0.05) is 19.0 Å². The Hall–Kier alpha value is -1.30. The summed E-state index contributed by atoms with van der Waals surface area (Å²) in [7, 11) is 0. The second-order valence-corrected chi connectivity index (χ2v) is 5.97. The molecular weight excluding hydrogens is 260 g/mol. The maximum Gasteiger partial charge on any atom is 0.326 e. The molecule has 0 unspecified atom stereocenters. The second-order valence-electron chi connectivity index (χ2n) is 5.97. The first-order valence-electron chi connectivity index (χ1n) is 7.49. The average Bonchev–Trinajstić information content (AvgIpc) is 2.82. The highest BCUT2D eigenvalue weighted by Crippen LogP contribution is 2.27. The Morgan fingerprint density at radius 3 is 2.45 bits per heavy atom. The van der Waals surface area contributed by atoms with Gasteiger partial charge < -0.3 is 20.4 Å². The summed E-state index contributed by atoms with van der Waals surface area (Å²) in [5.74, 6) is -0.296. The lowest BCUT2D eigenvalue weighted by atomic mass is 9.84. The molecule has 0 bridgehead atoms. The van der Waals surface area contributed by atoms with E-state index in [-0.39, 0.29) is 25.0 Å². The summed E-state index contributed by atoms with van der Waals surface area (Å²) in [5.41, 5.74) is 0. The number of aliphatic hydroxyl groups is 1. The molecule has 0 aromatic rings. The quantitative estimate of drug-likeness (QED) is 0.726. The van der Waals surface area contributed by atoms with E-state index in [1.165, 1.54) is 11.3 Å². The lowest BCUT2D eigenvalue weighted by Gasteiger charge is -2.31. The first-order valence-corrected chi connectivity index (χ1v) is 7.49. The normalized spacial score (nSPS) is 34.0. The van der Waals surface area contributed by atoms with Crippen LogP contribution in [0.2, 0.25) is 0 Å². The van der Waals surface area contributed by atoms with Gasteiger partial charge in [0.2, 0.25) is 0 Å². The minimum Gasteiger partial charge on any atom is -0.480 e. The predicted octanol–water partition coefficient (Wildman–Crippen LogP) is 1.18. The third-order valence-electron chi connectivity index (χ3n) is 4.58. The van der Waals surface area contributed by atoms with Gasteiger partial charge in [-0.25, -0.2) is 9.59 Å². The summed E-state index contributed by atoms with van der Waals surface area (Å²) in [6.07, 6.45) is 4.71. The molecule has 6 nitrogen and oxygen atoms in total. The zero-order chi connectivity index (χ0) is 14.7. The number of carboxylic acid groups (broad SMARTS) is 1. The average molecular weight is 284 g/mol. The number of likely N-dealkylation sites (tertiary alicyclic amines) is 1. The molecule has 0 radical (unpaired) electrons. The van der Waals surface area contributed by atoms with Crippen molar-refractivity contribution in [3.8, 4) is 0 Å². The number of β-amino-alcohol motifs (C(OH)–C–C–N with tert-alkyl or cyclic N) is 1. The number of nitrogens with zero attached hydrogens (tertiary/aromatic N) is 1. The van der Waals surface area contributed by atoms with Crippen molar-refractivity contribution in [2.75, 3.05) is 6.54 Å². The molecule has 1 aliphatic heterocycles. The van der Waals surface area contributed by atoms with Crippen molar-refractivity contribution in [2.45, 2.75) is 63.6 Å². The molecule has 114 valence electrons. The van der Waals surface area contributed by atoms with Crippen molar-refractivity contribution in [2.24, 2.45) is 5.92 Å². The van der Waals surface area contributed by atoms with Gasteiger partial charge in [0.05, 0.1) is 6.10 Å². The van der Waals surface area contributed by atoms with Gasteiger partial charge in [0.25, 0.3) is 0 Å². The van der Waals surface area contributed by atoms with Crippen LogP contribution < -0.4 is 5.32 Å². The van der Waals surface area contributed by atoms with E-state index in [4.69, 9.17) is 5.11 Å². The molecule has 0 aromatic heterocycles. The SMILES string of the molecule is CCC1CCC(NC(=O)N2C[C@H](O)C[C@H]2C(=O)O)CC1. The van der Waals surface area contributed by atoms with Crippen LogP contribution >= 0.6 is 0 Å². The molecular formula is C14H24N2O4. The van der Waals surface area contributed by atoms with E-state index in [0.29, 0.717) is 0 Å². The fraction of sp³-hybridized carbons (Fsp3) is 0.857. The van der Waals surface area contributed by atoms with Crippen LogP contribution in [0.25, 0.3) is 0 Å². The van der Waals surface area contributed by atoms with Crippen LogP contribution in [0, 0.1) is 5.92 Å². The maximum atomic E-state index is 12.2. The highest BCUT2D eigenvalue weighted by atomic mass is 16.4. The molecule has 1 heterocycles. The highest BCUT2D eigenvalue weighted by molar-refractivity contribution is 5.83. The van der Waals surface area contributed by atoms with E-state index < -0.39 is 18.1 Å². The van der Waals surface area contributed by atoms with Gasteiger partial charge >= 0.3 is 12.0 Å². The summed E-state index contributed by atoms with van der Waals surface area (Å²) in [4.78, 5) is 24.5. The van der Waals surface area contributed by atoms with Crippen molar-refractivity contribution in [3.05, 3.63) is 0 Å². The van der Waals surface area contributed by atoms with Gasteiger partial charge in [-0.15, -0.1) is 0 Å². The van der Waals surface area contributed by atoms with E-state index in [0.717, 1.165) is 31.6 Å². The molecule has 2 rings (SSSR count). The number of carboxylic acids is 1. The van der Waals surface area contributed by atoms with Crippen LogP contribution in [0.1, 0.15) is 45.4 Å². The highest BCUT2D eigenvalue weighted by Gasteiger charge is 2.39. The number of nitrogens with one attached hydrogen (secondary N) is 1. The summed E-state index contributed by atoms with van der Waals surface area (Å²) < 4.78 is 0.